The van der Waals surface area contributed by atoms with Gasteiger partial charge >= 0.3 is 12.0 Å². The van der Waals surface area contributed by atoms with Crippen LogP contribution in [-0.2, 0) is 4.79 Å². The molecule has 2 atom stereocenters. The molecular formula is C14H26N2O3S. The van der Waals surface area contributed by atoms with Gasteiger partial charge in [-0.2, -0.15) is 0 Å². The van der Waals surface area contributed by atoms with Crippen molar-refractivity contribution in [2.45, 2.75) is 64.4 Å². The molecule has 0 spiro atoms. The molecule has 1 saturated heterocycles. The van der Waals surface area contributed by atoms with Crippen molar-refractivity contribution in [1.29, 1.82) is 0 Å². The van der Waals surface area contributed by atoms with Crippen LogP contribution in [0.15, 0.2) is 0 Å². The second kappa shape index (κ2) is 7.76. The third-order valence-electron chi connectivity index (χ3n) is 3.60. The van der Waals surface area contributed by atoms with Crippen LogP contribution >= 0.6 is 11.8 Å². The first-order valence-electron chi connectivity index (χ1n) is 7.33. The van der Waals surface area contributed by atoms with Crippen LogP contribution in [0.25, 0.3) is 0 Å². The second-order valence-corrected chi connectivity index (χ2v) is 6.82. The number of amides is 2. The zero-order valence-corrected chi connectivity index (χ0v) is 13.7. The molecule has 1 fully saturated rings. The number of thioether (sulfide) groups is 1. The maximum atomic E-state index is 12.7. The van der Waals surface area contributed by atoms with Crippen molar-refractivity contribution in [3.05, 3.63) is 0 Å². The fourth-order valence-electron chi connectivity index (χ4n) is 2.38. The third-order valence-corrected chi connectivity index (χ3v) is 4.82. The Morgan fingerprint density at radius 3 is 2.55 bits per heavy atom. The lowest BCUT2D eigenvalue weighted by molar-refractivity contribution is -0.141. The van der Waals surface area contributed by atoms with Crippen molar-refractivity contribution < 1.29 is 14.7 Å². The number of carboxylic acids is 1. The van der Waals surface area contributed by atoms with Gasteiger partial charge in [0.1, 0.15) is 6.04 Å². The lowest BCUT2D eigenvalue weighted by Crippen LogP contribution is -2.53. The van der Waals surface area contributed by atoms with Crippen molar-refractivity contribution in [1.82, 2.24) is 9.80 Å². The first-order chi connectivity index (χ1) is 9.40. The topological polar surface area (TPSA) is 60.9 Å². The van der Waals surface area contributed by atoms with E-state index in [1.807, 2.05) is 20.8 Å². The molecule has 0 aliphatic carbocycles. The van der Waals surface area contributed by atoms with Crippen LogP contribution in [0.1, 0.15) is 47.0 Å². The van der Waals surface area contributed by atoms with Gasteiger partial charge in [-0.15, -0.1) is 11.8 Å². The maximum absolute atomic E-state index is 12.7. The minimum Gasteiger partial charge on any atom is -0.480 e. The van der Waals surface area contributed by atoms with Crippen molar-refractivity contribution in [3.8, 4) is 0 Å². The normalized spacial score (nSPS) is 22.4. The monoisotopic (exact) mass is 302 g/mol. The average Bonchev–Trinajstić information content (AvgIpc) is 2.75. The number of rotatable bonds is 6. The molecule has 2 unspecified atom stereocenters. The summed E-state index contributed by atoms with van der Waals surface area (Å²) in [6.45, 7) is 8.68. The Hall–Kier alpha value is -0.910. The summed E-state index contributed by atoms with van der Waals surface area (Å²) in [7, 11) is 0. The Kier molecular flexibility index (Phi) is 6.65. The molecule has 0 aromatic heterocycles. The van der Waals surface area contributed by atoms with E-state index in [1.54, 1.807) is 4.90 Å². The van der Waals surface area contributed by atoms with E-state index in [2.05, 4.69) is 6.92 Å². The molecular weight excluding hydrogens is 276 g/mol. The molecule has 0 aromatic rings. The van der Waals surface area contributed by atoms with Gasteiger partial charge in [0.15, 0.2) is 0 Å². The van der Waals surface area contributed by atoms with Crippen LogP contribution in [0.5, 0.6) is 0 Å². The van der Waals surface area contributed by atoms with Gasteiger partial charge in [-0.3, -0.25) is 4.90 Å². The fourth-order valence-corrected chi connectivity index (χ4v) is 3.54. The van der Waals surface area contributed by atoms with Crippen molar-refractivity contribution >= 4 is 23.8 Å². The van der Waals surface area contributed by atoms with Gasteiger partial charge in [0.2, 0.25) is 0 Å². The summed E-state index contributed by atoms with van der Waals surface area (Å²) in [5.41, 5.74) is 0. The van der Waals surface area contributed by atoms with Crippen LogP contribution in [-0.4, -0.2) is 56.7 Å². The SMILES string of the molecule is CCCCCN(C(=O)N1C(C)SCC1C(=O)O)C(C)C. The molecule has 0 saturated carbocycles. The number of urea groups is 1. The predicted molar refractivity (Wildman–Crippen MR) is 81.9 cm³/mol. The number of nitrogens with zero attached hydrogens (tertiary/aromatic N) is 2. The van der Waals surface area contributed by atoms with Crippen LogP contribution in [0.4, 0.5) is 4.79 Å². The van der Waals surface area contributed by atoms with Crippen LogP contribution < -0.4 is 0 Å². The Morgan fingerprint density at radius 1 is 1.40 bits per heavy atom. The zero-order valence-electron chi connectivity index (χ0n) is 12.8. The number of hydrogen-bond donors (Lipinski definition) is 1. The van der Waals surface area contributed by atoms with Crippen molar-refractivity contribution in [3.63, 3.8) is 0 Å². The number of hydrogen-bond acceptors (Lipinski definition) is 3. The van der Waals surface area contributed by atoms with Gasteiger partial charge in [-0.25, -0.2) is 9.59 Å². The summed E-state index contributed by atoms with van der Waals surface area (Å²) >= 11 is 1.53. The van der Waals surface area contributed by atoms with Crippen LogP contribution in [0, 0.1) is 0 Å². The molecule has 0 radical (unpaired) electrons. The quantitative estimate of drug-likeness (QED) is 0.766. The number of carbonyl (C=O) groups is 2. The van der Waals surface area contributed by atoms with E-state index in [9.17, 15) is 14.7 Å². The first-order valence-corrected chi connectivity index (χ1v) is 8.38. The smallest absolute Gasteiger partial charge is 0.327 e. The molecule has 1 aliphatic heterocycles. The molecule has 0 aromatic carbocycles. The molecule has 20 heavy (non-hydrogen) atoms. The lowest BCUT2D eigenvalue weighted by Gasteiger charge is -2.34. The number of carbonyl (C=O) groups excluding carboxylic acids is 1. The fraction of sp³-hybridized carbons (Fsp3) is 0.857. The molecule has 2 amide bonds. The molecule has 1 N–H and O–H groups in total. The summed E-state index contributed by atoms with van der Waals surface area (Å²) in [5, 5.41) is 9.19. The summed E-state index contributed by atoms with van der Waals surface area (Å²) in [4.78, 5) is 27.3. The largest absolute Gasteiger partial charge is 0.480 e. The van der Waals surface area contributed by atoms with E-state index in [-0.39, 0.29) is 17.4 Å². The first kappa shape index (κ1) is 17.1. The average molecular weight is 302 g/mol. The minimum atomic E-state index is -0.910. The number of unbranched alkanes of at least 4 members (excludes halogenated alkanes) is 2. The third kappa shape index (κ3) is 4.04. The van der Waals surface area contributed by atoms with E-state index in [0.717, 1.165) is 19.3 Å². The highest BCUT2D eigenvalue weighted by molar-refractivity contribution is 8.00. The molecule has 1 aliphatic rings. The highest BCUT2D eigenvalue weighted by Gasteiger charge is 2.41. The molecule has 5 nitrogen and oxygen atoms in total. The second-order valence-electron chi connectivity index (χ2n) is 5.47. The standard InChI is InChI=1S/C14H26N2O3S/c1-5-6-7-8-15(10(2)3)14(19)16-11(4)20-9-12(16)13(17)18/h10-12H,5-9H2,1-4H3,(H,17,18). The van der Waals surface area contributed by atoms with Gasteiger partial charge in [-0.05, 0) is 27.2 Å². The molecule has 0 bridgehead atoms. The van der Waals surface area contributed by atoms with Crippen molar-refractivity contribution in [2.75, 3.05) is 12.3 Å². The van der Waals surface area contributed by atoms with Gasteiger partial charge in [0.05, 0.1) is 5.37 Å². The van der Waals surface area contributed by atoms with E-state index < -0.39 is 12.0 Å². The van der Waals surface area contributed by atoms with Gasteiger partial charge in [0.25, 0.3) is 0 Å². The van der Waals surface area contributed by atoms with E-state index >= 15 is 0 Å². The van der Waals surface area contributed by atoms with E-state index in [1.165, 1.54) is 16.7 Å². The molecule has 6 heteroatoms. The number of aliphatic carboxylic acids is 1. The highest BCUT2D eigenvalue weighted by Crippen LogP contribution is 2.30. The van der Waals surface area contributed by atoms with Gasteiger partial charge < -0.3 is 10.0 Å². The minimum absolute atomic E-state index is 0.0731. The summed E-state index contributed by atoms with van der Waals surface area (Å²) in [6, 6.07) is -0.748. The Balaban J connectivity index is 2.79. The highest BCUT2D eigenvalue weighted by atomic mass is 32.2. The molecule has 116 valence electrons. The summed E-state index contributed by atoms with van der Waals surface area (Å²) < 4.78 is 0. The molecule has 1 rings (SSSR count). The summed E-state index contributed by atoms with van der Waals surface area (Å²) in [5.74, 6) is -0.434. The maximum Gasteiger partial charge on any atom is 0.327 e. The number of carboxylic acid groups (broad SMARTS) is 1. The van der Waals surface area contributed by atoms with Crippen molar-refractivity contribution in [2.24, 2.45) is 0 Å². The van der Waals surface area contributed by atoms with Gasteiger partial charge in [0, 0.05) is 18.3 Å². The Labute approximate surface area is 125 Å². The molecule has 1 heterocycles. The van der Waals surface area contributed by atoms with Crippen LogP contribution in [0.2, 0.25) is 0 Å². The Bertz CT molecular complexity index is 349. The summed E-state index contributed by atoms with van der Waals surface area (Å²) in [6.07, 6.45) is 3.16. The van der Waals surface area contributed by atoms with Crippen LogP contribution in [0.3, 0.4) is 0 Å². The lowest BCUT2D eigenvalue weighted by atomic mass is 10.2. The zero-order chi connectivity index (χ0) is 15.3. The van der Waals surface area contributed by atoms with E-state index in [4.69, 9.17) is 0 Å². The predicted octanol–water partition coefficient (Wildman–Crippen LogP) is 2.86. The van der Waals surface area contributed by atoms with E-state index in [0.29, 0.717) is 12.3 Å². The van der Waals surface area contributed by atoms with Gasteiger partial charge in [-0.1, -0.05) is 19.8 Å². The Morgan fingerprint density at radius 2 is 2.05 bits per heavy atom.